The molecule has 25 nitrogen and oxygen atoms in total. The molecule has 3 rings (SSSR count). The van der Waals surface area contributed by atoms with Crippen LogP contribution < -0.4 is 26.4 Å². The van der Waals surface area contributed by atoms with Crippen LogP contribution in [0, 0.1) is 0 Å². The molecule has 1 fully saturated rings. The largest absolute Gasteiger partial charge is 0.481 e. The third-order valence-electron chi connectivity index (χ3n) is 8.90. The fourth-order valence-corrected chi connectivity index (χ4v) is 7.22. The smallest absolute Gasteiger partial charge is 0.317 e. The van der Waals surface area contributed by atoms with Crippen LogP contribution in [0.2, 0.25) is 0 Å². The summed E-state index contributed by atoms with van der Waals surface area (Å²) in [5, 5.41) is 58.2. The molecule has 3 heterocycles. The average Bonchev–Trinajstić information content (AvgIpc) is 3.84. The average molecular weight is 888 g/mol. The normalized spacial score (nSPS) is 14.9. The summed E-state index contributed by atoms with van der Waals surface area (Å²) in [6, 6.07) is -1.28. The summed E-state index contributed by atoms with van der Waals surface area (Å²) in [5.74, 6) is -5.07. The topological polar surface area (TPSA) is 355 Å². The summed E-state index contributed by atoms with van der Waals surface area (Å²) < 4.78 is 23.8. The molecule has 0 aromatic carbocycles. The second-order valence-electron chi connectivity index (χ2n) is 13.9. The highest BCUT2D eigenvalue weighted by atomic mass is 32.2. The van der Waals surface area contributed by atoms with Crippen LogP contribution in [0.15, 0.2) is 10.5 Å². The van der Waals surface area contributed by atoms with Gasteiger partial charge in [-0.15, -0.1) is 15.3 Å². The van der Waals surface area contributed by atoms with E-state index in [1.54, 1.807) is 20.7 Å². The lowest BCUT2D eigenvalue weighted by molar-refractivity contribution is -0.141. The van der Waals surface area contributed by atoms with Crippen LogP contribution in [0.1, 0.15) is 57.1 Å². The fraction of sp³-hybridized carbons (Fsp3) is 0.667. The Hall–Kier alpha value is -5.22. The van der Waals surface area contributed by atoms with E-state index in [-0.39, 0.29) is 50.1 Å². The number of carbonyl (C=O) groups is 7. The number of nitrogens with one attached hydrogen (secondary N) is 4. The molecule has 1 aliphatic heterocycles. The second kappa shape index (κ2) is 25.4. The number of carboxylic acid groups (broad SMARTS) is 3. The van der Waals surface area contributed by atoms with Crippen molar-refractivity contribution in [3.8, 4) is 0 Å². The number of primary sulfonamides is 1. The summed E-state index contributed by atoms with van der Waals surface area (Å²) in [5.41, 5.74) is 0.636. The highest BCUT2D eigenvalue weighted by Gasteiger charge is 2.24. The second-order valence-corrected chi connectivity index (χ2v) is 16.6. The number of unbranched alkanes of at least 4 members (excludes halogenated alkanes) is 2. The van der Waals surface area contributed by atoms with Crippen LogP contribution in [0.25, 0.3) is 0 Å². The molecule has 0 bridgehead atoms. The first-order valence-electron chi connectivity index (χ1n) is 19.2. The van der Waals surface area contributed by atoms with Crippen molar-refractivity contribution in [1.29, 1.82) is 0 Å². The number of aliphatic carboxylic acids is 3. The maximum atomic E-state index is 12.8. The Morgan fingerprint density at radius 2 is 1.30 bits per heavy atom. The molecule has 2 aromatic rings. The minimum absolute atomic E-state index is 0.0109. The van der Waals surface area contributed by atoms with Crippen LogP contribution in [0.4, 0.5) is 5.13 Å². The van der Waals surface area contributed by atoms with Gasteiger partial charge in [0.05, 0.1) is 31.7 Å². The first-order chi connectivity index (χ1) is 28.5. The fourth-order valence-electron chi connectivity index (χ4n) is 5.87. The maximum absolute atomic E-state index is 12.8. The van der Waals surface area contributed by atoms with Crippen molar-refractivity contribution in [3.05, 3.63) is 11.9 Å². The number of amides is 4. The molecule has 0 aliphatic carbocycles. The monoisotopic (exact) mass is 887 g/mol. The lowest BCUT2D eigenvalue weighted by Crippen LogP contribution is -2.48. The van der Waals surface area contributed by atoms with Gasteiger partial charge in [-0.05, 0) is 38.5 Å². The maximum Gasteiger partial charge on any atom is 0.317 e. The highest BCUT2D eigenvalue weighted by Crippen LogP contribution is 2.19. The van der Waals surface area contributed by atoms with Crippen LogP contribution in [-0.2, 0) is 56.6 Å². The predicted octanol–water partition coefficient (Wildman–Crippen LogP) is -3.03. The Labute approximate surface area is 349 Å². The summed E-state index contributed by atoms with van der Waals surface area (Å²) in [4.78, 5) is 89.4. The van der Waals surface area contributed by atoms with Crippen LogP contribution in [0.5, 0.6) is 0 Å². The van der Waals surface area contributed by atoms with E-state index in [1.807, 2.05) is 4.90 Å². The van der Waals surface area contributed by atoms with Crippen molar-refractivity contribution in [1.82, 2.24) is 55.8 Å². The molecule has 0 radical (unpaired) electrons. The lowest BCUT2D eigenvalue weighted by atomic mass is 10.1. The minimum Gasteiger partial charge on any atom is -0.481 e. The summed E-state index contributed by atoms with van der Waals surface area (Å²) in [6.45, 7) is 2.96. The Morgan fingerprint density at radius 3 is 1.87 bits per heavy atom. The van der Waals surface area contributed by atoms with Gasteiger partial charge in [-0.2, -0.15) is 0 Å². The molecule has 1 atom stereocenters. The molecule has 0 saturated carbocycles. The summed E-state index contributed by atoms with van der Waals surface area (Å²) >= 11 is 0.641. The molecule has 1 aliphatic rings. The third-order valence-corrected chi connectivity index (χ3v) is 11.0. The zero-order valence-corrected chi connectivity index (χ0v) is 34.6. The van der Waals surface area contributed by atoms with E-state index in [0.717, 1.165) is 0 Å². The molecule has 27 heteroatoms. The number of hydrogen-bond donors (Lipinski definition) is 8. The first-order valence-corrected chi connectivity index (χ1v) is 21.5. The number of rotatable bonds is 26. The van der Waals surface area contributed by atoms with Crippen molar-refractivity contribution in [3.63, 3.8) is 0 Å². The van der Waals surface area contributed by atoms with Crippen LogP contribution >= 0.6 is 11.3 Å². The van der Waals surface area contributed by atoms with Gasteiger partial charge in [-0.3, -0.25) is 52.9 Å². The predicted molar refractivity (Wildman–Crippen MR) is 211 cm³/mol. The number of hydrogen-bond acceptors (Lipinski definition) is 17. The Bertz CT molecular complexity index is 1850. The SMILES string of the molecule is NS(=O)(=O)c1nnc(NC(=O)CCCc2cn(CCCCC(=O)N[C@@H](CC(=O)O)C(=O)NCCCCNC(=O)CN3CCN(CC(=O)O)CCN(CC(=O)O)CC3)nn2)s1. The molecule has 0 spiro atoms. The number of carboxylic acids is 3. The van der Waals surface area contributed by atoms with E-state index in [9.17, 15) is 57.3 Å². The van der Waals surface area contributed by atoms with E-state index in [1.165, 1.54) is 0 Å². The molecule has 2 aromatic heterocycles. The molecular formula is C33H53N13O12S2. The van der Waals surface area contributed by atoms with E-state index in [2.05, 4.69) is 41.8 Å². The quantitative estimate of drug-likeness (QED) is 0.0344. The van der Waals surface area contributed by atoms with Gasteiger partial charge in [0.15, 0.2) is 0 Å². The van der Waals surface area contributed by atoms with Crippen molar-refractivity contribution >= 4 is 68.0 Å². The number of sulfonamides is 1. The number of anilines is 1. The summed E-state index contributed by atoms with van der Waals surface area (Å²) in [6.07, 6.45) is 3.99. The van der Waals surface area contributed by atoms with Gasteiger partial charge in [0.1, 0.15) is 6.04 Å². The Morgan fingerprint density at radius 1 is 0.717 bits per heavy atom. The van der Waals surface area contributed by atoms with Crippen LogP contribution in [0.3, 0.4) is 0 Å². The first kappa shape index (κ1) is 49.1. The van der Waals surface area contributed by atoms with Gasteiger partial charge in [0, 0.05) is 77.9 Å². The Balaban J connectivity index is 1.29. The lowest BCUT2D eigenvalue weighted by Gasteiger charge is -2.24. The number of aryl methyl sites for hydroxylation is 2. The van der Waals surface area contributed by atoms with Gasteiger partial charge in [-0.25, -0.2) is 13.6 Å². The molecule has 9 N–H and O–H groups in total. The van der Waals surface area contributed by atoms with E-state index in [4.69, 9.17) is 5.14 Å². The standard InChI is InChI=1S/C33H53N13O12S2/c34-60(57,58)33-41-40-32(59-33)38-26(48)8-5-6-23-19-46(42-39-23)11-4-1-7-25(47)37-24(18-28(50)51)31(56)36-10-3-2-9-35-27(49)20-43-12-14-44(21-29(52)53)16-17-45(15-13-43)22-30(54)55/h19,24H,1-18,20-22H2,(H,35,49)(H,36,56)(H,37,47)(H,50,51)(H,52,53)(H,54,55)(H2,34,57,58)(H,38,40,48)/t24-/m0/s1. The molecular weight excluding hydrogens is 835 g/mol. The van der Waals surface area contributed by atoms with E-state index >= 15 is 0 Å². The molecule has 1 saturated heterocycles. The van der Waals surface area contributed by atoms with Crippen molar-refractivity contribution in [2.75, 3.05) is 77.3 Å². The van der Waals surface area contributed by atoms with Gasteiger partial charge in [0.25, 0.3) is 10.0 Å². The minimum atomic E-state index is -4.01. The van der Waals surface area contributed by atoms with Gasteiger partial charge < -0.3 is 36.6 Å². The van der Waals surface area contributed by atoms with Crippen molar-refractivity contribution in [2.24, 2.45) is 5.14 Å². The number of nitrogens with zero attached hydrogens (tertiary/aromatic N) is 8. The molecule has 4 amide bonds. The zero-order valence-electron chi connectivity index (χ0n) is 33.0. The summed E-state index contributed by atoms with van der Waals surface area (Å²) in [7, 11) is -4.01. The van der Waals surface area contributed by atoms with Crippen LogP contribution in [-0.4, -0.2) is 183 Å². The van der Waals surface area contributed by atoms with Gasteiger partial charge >= 0.3 is 17.9 Å². The van der Waals surface area contributed by atoms with Crippen molar-refractivity contribution in [2.45, 2.75) is 74.7 Å². The van der Waals surface area contributed by atoms with E-state index < -0.39 is 62.5 Å². The van der Waals surface area contributed by atoms with E-state index in [0.29, 0.717) is 108 Å². The molecule has 0 unspecified atom stereocenters. The molecule has 60 heavy (non-hydrogen) atoms. The number of carbonyl (C=O) groups excluding carboxylic acids is 4. The zero-order chi connectivity index (χ0) is 44.1. The third kappa shape index (κ3) is 20.2. The molecule has 334 valence electrons. The van der Waals surface area contributed by atoms with Gasteiger partial charge in [-0.1, -0.05) is 16.6 Å². The van der Waals surface area contributed by atoms with Gasteiger partial charge in [0.2, 0.25) is 33.1 Å². The Kier molecular flexibility index (Phi) is 20.8. The number of nitrogens with two attached hydrogens (primary N) is 1. The number of aromatic nitrogens is 5. The van der Waals surface area contributed by atoms with Crippen molar-refractivity contribution < 1.29 is 57.3 Å². The highest BCUT2D eigenvalue weighted by molar-refractivity contribution is 7.91.